The second kappa shape index (κ2) is 4.63. The van der Waals surface area contributed by atoms with Crippen molar-refractivity contribution in [2.24, 2.45) is 0 Å². The molecule has 0 fully saturated rings. The average Bonchev–Trinajstić information content (AvgIpc) is 2.88. The van der Waals surface area contributed by atoms with Crippen LogP contribution in [0, 0.1) is 6.92 Å². The largest absolute Gasteiger partial charge is 0.375 e. The number of rotatable bonds is 1. The van der Waals surface area contributed by atoms with E-state index in [1.54, 1.807) is 0 Å². The summed E-state index contributed by atoms with van der Waals surface area (Å²) in [7, 11) is 0. The van der Waals surface area contributed by atoms with Gasteiger partial charge in [-0.3, -0.25) is 0 Å². The van der Waals surface area contributed by atoms with E-state index in [-0.39, 0.29) is 0 Å². The number of fused-ring (bicyclic) bond motifs is 3. The smallest absolute Gasteiger partial charge is 0.180 e. The fraction of sp³-hybridized carbons (Fsp3) is 0.188. The lowest BCUT2D eigenvalue weighted by Crippen LogP contribution is -2.06. The van der Waals surface area contributed by atoms with Gasteiger partial charge in [-0.1, -0.05) is 35.6 Å². The van der Waals surface area contributed by atoms with Crippen molar-refractivity contribution in [3.63, 3.8) is 0 Å². The maximum Gasteiger partial charge on any atom is 0.180 e. The number of hydrogen-bond acceptors (Lipinski definition) is 5. The van der Waals surface area contributed by atoms with E-state index in [2.05, 4.69) is 29.0 Å². The van der Waals surface area contributed by atoms with Gasteiger partial charge in [-0.25, -0.2) is 15.0 Å². The molecular formula is C16H14N4S. The summed E-state index contributed by atoms with van der Waals surface area (Å²) in [6.07, 6.45) is 3.80. The summed E-state index contributed by atoms with van der Waals surface area (Å²) in [5.74, 6) is 0.770. The van der Waals surface area contributed by atoms with Gasteiger partial charge < -0.3 is 5.73 Å². The zero-order chi connectivity index (χ0) is 14.4. The highest BCUT2D eigenvalue weighted by atomic mass is 32.1. The zero-order valence-electron chi connectivity index (χ0n) is 11.6. The van der Waals surface area contributed by atoms with Crippen LogP contribution in [0.4, 0.5) is 5.13 Å². The molecule has 104 valence electrons. The Labute approximate surface area is 126 Å². The Morgan fingerprint density at radius 1 is 1.14 bits per heavy atom. The molecule has 0 aliphatic heterocycles. The first-order valence-electron chi connectivity index (χ1n) is 6.90. The van der Waals surface area contributed by atoms with Crippen LogP contribution in [0.15, 0.2) is 30.5 Å². The molecule has 0 amide bonds. The van der Waals surface area contributed by atoms with Crippen molar-refractivity contribution in [3.8, 4) is 22.0 Å². The van der Waals surface area contributed by atoms with E-state index < -0.39 is 0 Å². The molecule has 0 spiro atoms. The van der Waals surface area contributed by atoms with E-state index >= 15 is 0 Å². The molecule has 0 saturated heterocycles. The number of thiazole rings is 1. The molecule has 1 aliphatic carbocycles. The Morgan fingerprint density at radius 3 is 2.86 bits per heavy atom. The molecular weight excluding hydrogens is 280 g/mol. The van der Waals surface area contributed by atoms with Gasteiger partial charge in [0.05, 0.1) is 16.3 Å². The highest BCUT2D eigenvalue weighted by molar-refractivity contribution is 7.18. The van der Waals surface area contributed by atoms with Crippen LogP contribution in [-0.4, -0.2) is 15.0 Å². The van der Waals surface area contributed by atoms with Crippen molar-refractivity contribution >= 4 is 16.5 Å². The van der Waals surface area contributed by atoms with Gasteiger partial charge in [-0.15, -0.1) is 0 Å². The van der Waals surface area contributed by atoms with Crippen molar-refractivity contribution in [3.05, 3.63) is 47.3 Å². The molecule has 4 nitrogen and oxygen atoms in total. The predicted molar refractivity (Wildman–Crippen MR) is 85.1 cm³/mol. The molecule has 2 heterocycles. The molecule has 3 aromatic rings. The average molecular weight is 294 g/mol. The monoisotopic (exact) mass is 294 g/mol. The van der Waals surface area contributed by atoms with Gasteiger partial charge >= 0.3 is 0 Å². The van der Waals surface area contributed by atoms with E-state index in [0.717, 1.165) is 40.5 Å². The summed E-state index contributed by atoms with van der Waals surface area (Å²) in [5.41, 5.74) is 11.4. The summed E-state index contributed by atoms with van der Waals surface area (Å²) in [5, 5.41) is 0.615. The second-order valence-electron chi connectivity index (χ2n) is 5.21. The molecule has 0 atom stereocenters. The summed E-state index contributed by atoms with van der Waals surface area (Å²) >= 11 is 1.52. The zero-order valence-corrected chi connectivity index (χ0v) is 12.4. The van der Waals surface area contributed by atoms with Gasteiger partial charge in [0.25, 0.3) is 0 Å². The number of benzene rings is 1. The lowest BCUT2D eigenvalue weighted by molar-refractivity contribution is 0.889. The minimum Gasteiger partial charge on any atom is -0.375 e. The molecule has 0 radical (unpaired) electrons. The van der Waals surface area contributed by atoms with Gasteiger partial charge in [-0.2, -0.15) is 0 Å². The van der Waals surface area contributed by atoms with Crippen LogP contribution < -0.4 is 5.73 Å². The van der Waals surface area contributed by atoms with Crippen molar-refractivity contribution in [1.82, 2.24) is 15.0 Å². The van der Waals surface area contributed by atoms with Crippen LogP contribution in [-0.2, 0) is 12.8 Å². The van der Waals surface area contributed by atoms with E-state index in [9.17, 15) is 0 Å². The van der Waals surface area contributed by atoms with E-state index in [4.69, 9.17) is 10.7 Å². The fourth-order valence-corrected chi connectivity index (χ4v) is 3.62. The van der Waals surface area contributed by atoms with Crippen LogP contribution in [0.25, 0.3) is 22.0 Å². The van der Waals surface area contributed by atoms with Crippen molar-refractivity contribution in [2.75, 3.05) is 5.73 Å². The van der Waals surface area contributed by atoms with Crippen LogP contribution >= 0.6 is 11.3 Å². The molecule has 4 rings (SSSR count). The quantitative estimate of drug-likeness (QED) is 0.748. The van der Waals surface area contributed by atoms with Gasteiger partial charge in [0.15, 0.2) is 11.0 Å². The Morgan fingerprint density at radius 2 is 2.00 bits per heavy atom. The normalized spacial score (nSPS) is 12.8. The maximum atomic E-state index is 5.85. The van der Waals surface area contributed by atoms with Gasteiger partial charge in [-0.05, 0) is 30.9 Å². The van der Waals surface area contributed by atoms with Gasteiger partial charge in [0.1, 0.15) is 0 Å². The third-order valence-electron chi connectivity index (χ3n) is 3.81. The first-order valence-corrected chi connectivity index (χ1v) is 7.71. The van der Waals surface area contributed by atoms with E-state index in [0.29, 0.717) is 5.13 Å². The number of hydrogen-bond donors (Lipinski definition) is 1. The number of nitrogens with zero attached hydrogens (tertiary/aromatic N) is 3. The van der Waals surface area contributed by atoms with E-state index in [1.807, 2.05) is 18.3 Å². The predicted octanol–water partition coefficient (Wildman–Crippen LogP) is 3.26. The number of aromatic nitrogens is 3. The summed E-state index contributed by atoms with van der Waals surface area (Å²) < 4.78 is 0. The molecule has 1 aliphatic rings. The standard InChI is InChI=1S/C16H14N4S/c1-9-4-2-3-5-11(9)15-18-8-10-6-7-12-14(13(10)20-15)21-16(17)19-12/h2-5,8H,6-7H2,1H3,(H2,17,19). The van der Waals surface area contributed by atoms with Crippen LogP contribution in [0.3, 0.4) is 0 Å². The lowest BCUT2D eigenvalue weighted by Gasteiger charge is -2.15. The SMILES string of the molecule is Cc1ccccc1-c1ncc2c(n1)-c1sc(N)nc1CC2. The van der Waals surface area contributed by atoms with Crippen LogP contribution in [0.1, 0.15) is 16.8 Å². The Balaban J connectivity index is 1.90. The molecule has 5 heteroatoms. The minimum atomic E-state index is 0.615. The lowest BCUT2D eigenvalue weighted by atomic mass is 9.99. The molecule has 1 aromatic carbocycles. The fourth-order valence-electron chi connectivity index (χ4n) is 2.72. The number of anilines is 1. The molecule has 2 aromatic heterocycles. The number of aryl methyl sites for hydroxylation is 3. The third-order valence-corrected chi connectivity index (χ3v) is 4.74. The summed E-state index contributed by atoms with van der Waals surface area (Å²) in [6, 6.07) is 8.18. The summed E-state index contributed by atoms with van der Waals surface area (Å²) in [6.45, 7) is 2.08. The van der Waals surface area contributed by atoms with Crippen molar-refractivity contribution in [1.29, 1.82) is 0 Å². The highest BCUT2D eigenvalue weighted by Crippen LogP contribution is 2.38. The summed E-state index contributed by atoms with van der Waals surface area (Å²) in [4.78, 5) is 14.9. The minimum absolute atomic E-state index is 0.615. The Hall–Kier alpha value is -2.27. The van der Waals surface area contributed by atoms with Gasteiger partial charge in [0.2, 0.25) is 0 Å². The van der Waals surface area contributed by atoms with Crippen LogP contribution in [0.2, 0.25) is 0 Å². The highest BCUT2D eigenvalue weighted by Gasteiger charge is 2.22. The van der Waals surface area contributed by atoms with E-state index in [1.165, 1.54) is 22.5 Å². The maximum absolute atomic E-state index is 5.85. The first-order chi connectivity index (χ1) is 10.2. The van der Waals surface area contributed by atoms with Gasteiger partial charge in [0, 0.05) is 11.8 Å². The topological polar surface area (TPSA) is 64.7 Å². The molecule has 21 heavy (non-hydrogen) atoms. The van der Waals surface area contributed by atoms with Crippen molar-refractivity contribution in [2.45, 2.75) is 19.8 Å². The number of nitrogen functional groups attached to an aromatic ring is 1. The molecule has 2 N–H and O–H groups in total. The Bertz CT molecular complexity index is 838. The Kier molecular flexibility index (Phi) is 2.75. The molecule has 0 saturated carbocycles. The third kappa shape index (κ3) is 2.01. The van der Waals surface area contributed by atoms with Crippen molar-refractivity contribution < 1.29 is 0 Å². The number of nitrogens with two attached hydrogens (primary N) is 1. The second-order valence-corrected chi connectivity index (χ2v) is 6.24. The molecule has 0 unspecified atom stereocenters. The first kappa shape index (κ1) is 12.5. The molecule has 0 bridgehead atoms. The van der Waals surface area contributed by atoms with Crippen LogP contribution in [0.5, 0.6) is 0 Å².